The molecule has 1 aromatic heterocycles. The van der Waals surface area contributed by atoms with Crippen molar-refractivity contribution in [1.82, 2.24) is 15.1 Å². The molecule has 0 saturated carbocycles. The number of rotatable bonds is 6. The van der Waals surface area contributed by atoms with Gasteiger partial charge in [-0.3, -0.25) is 0 Å². The molecular weight excluding hydrogens is 274 g/mol. The van der Waals surface area contributed by atoms with Crippen molar-refractivity contribution in [2.75, 3.05) is 0 Å². The summed E-state index contributed by atoms with van der Waals surface area (Å²) in [5.74, 6) is 0. The van der Waals surface area contributed by atoms with E-state index in [0.717, 1.165) is 29.9 Å². The molecule has 22 heavy (non-hydrogen) atoms. The zero-order chi connectivity index (χ0) is 15.2. The van der Waals surface area contributed by atoms with Crippen LogP contribution in [0.1, 0.15) is 16.7 Å². The van der Waals surface area contributed by atoms with Crippen molar-refractivity contribution in [2.24, 2.45) is 0 Å². The molecular formula is C18H19N3O. The Morgan fingerprint density at radius 1 is 0.955 bits per heavy atom. The smallest absolute Gasteiger partial charge is 0.0685 e. The van der Waals surface area contributed by atoms with E-state index >= 15 is 0 Å². The molecule has 112 valence electrons. The van der Waals surface area contributed by atoms with Crippen LogP contribution in [-0.2, 0) is 19.7 Å². The third kappa shape index (κ3) is 3.42. The maximum absolute atomic E-state index is 9.34. The topological polar surface area (TPSA) is 50.1 Å². The van der Waals surface area contributed by atoms with Crippen LogP contribution in [0.25, 0.3) is 5.69 Å². The Bertz CT molecular complexity index is 723. The number of hydrogen-bond donors (Lipinski definition) is 2. The quantitative estimate of drug-likeness (QED) is 0.734. The van der Waals surface area contributed by atoms with E-state index in [4.69, 9.17) is 0 Å². The van der Waals surface area contributed by atoms with E-state index in [1.54, 1.807) is 6.20 Å². The molecule has 0 amide bonds. The standard InChI is InChI=1S/C18H19N3O/c22-14-17-7-2-1-6-16(17)13-19-12-15-5-3-8-18(11-15)21-10-4-9-20-21/h1-11,19,22H,12-14H2. The van der Waals surface area contributed by atoms with Crippen molar-refractivity contribution in [3.8, 4) is 5.69 Å². The van der Waals surface area contributed by atoms with Gasteiger partial charge >= 0.3 is 0 Å². The van der Waals surface area contributed by atoms with Crippen molar-refractivity contribution in [3.05, 3.63) is 83.7 Å². The van der Waals surface area contributed by atoms with Crippen LogP contribution in [0.3, 0.4) is 0 Å². The van der Waals surface area contributed by atoms with Crippen LogP contribution in [-0.4, -0.2) is 14.9 Å². The lowest BCUT2D eigenvalue weighted by Crippen LogP contribution is -2.14. The Kier molecular flexibility index (Phi) is 4.63. The van der Waals surface area contributed by atoms with E-state index in [1.807, 2.05) is 53.3 Å². The molecule has 0 bridgehead atoms. The molecule has 1 heterocycles. The first kappa shape index (κ1) is 14.5. The minimum atomic E-state index is 0.0760. The SMILES string of the molecule is OCc1ccccc1CNCc1cccc(-n2cccn2)c1. The summed E-state index contributed by atoms with van der Waals surface area (Å²) in [6.45, 7) is 1.59. The van der Waals surface area contributed by atoms with Crippen LogP contribution < -0.4 is 5.32 Å². The second-order valence-electron chi connectivity index (χ2n) is 5.15. The Balaban J connectivity index is 1.63. The zero-order valence-corrected chi connectivity index (χ0v) is 12.3. The minimum Gasteiger partial charge on any atom is -0.392 e. The molecule has 0 aliphatic carbocycles. The first-order valence-corrected chi connectivity index (χ1v) is 7.34. The van der Waals surface area contributed by atoms with Gasteiger partial charge in [-0.1, -0.05) is 36.4 Å². The van der Waals surface area contributed by atoms with Crippen LogP contribution in [0, 0.1) is 0 Å². The molecule has 3 aromatic rings. The maximum Gasteiger partial charge on any atom is 0.0685 e. The third-order valence-corrected chi connectivity index (χ3v) is 3.61. The Morgan fingerprint density at radius 3 is 2.59 bits per heavy atom. The molecule has 0 spiro atoms. The first-order chi connectivity index (χ1) is 10.9. The number of aromatic nitrogens is 2. The molecule has 4 nitrogen and oxygen atoms in total. The van der Waals surface area contributed by atoms with Gasteiger partial charge in [0, 0.05) is 25.5 Å². The maximum atomic E-state index is 9.34. The fraction of sp³-hybridized carbons (Fsp3) is 0.167. The molecule has 2 aromatic carbocycles. The van der Waals surface area contributed by atoms with Gasteiger partial charge in [-0.2, -0.15) is 5.10 Å². The van der Waals surface area contributed by atoms with Crippen molar-refractivity contribution in [2.45, 2.75) is 19.7 Å². The van der Waals surface area contributed by atoms with E-state index in [2.05, 4.69) is 22.5 Å². The van der Waals surface area contributed by atoms with Crippen LogP contribution in [0.5, 0.6) is 0 Å². The normalized spacial score (nSPS) is 10.8. The highest BCUT2D eigenvalue weighted by Gasteiger charge is 2.01. The summed E-state index contributed by atoms with van der Waals surface area (Å²) in [5.41, 5.74) is 4.36. The van der Waals surface area contributed by atoms with Gasteiger partial charge in [0.05, 0.1) is 12.3 Å². The van der Waals surface area contributed by atoms with Gasteiger partial charge in [-0.05, 0) is 34.9 Å². The highest BCUT2D eigenvalue weighted by atomic mass is 16.3. The van der Waals surface area contributed by atoms with Crippen LogP contribution in [0.2, 0.25) is 0 Å². The van der Waals surface area contributed by atoms with Gasteiger partial charge in [-0.15, -0.1) is 0 Å². The molecule has 3 rings (SSSR count). The lowest BCUT2D eigenvalue weighted by Gasteiger charge is -2.10. The molecule has 2 N–H and O–H groups in total. The van der Waals surface area contributed by atoms with Crippen molar-refractivity contribution < 1.29 is 5.11 Å². The first-order valence-electron chi connectivity index (χ1n) is 7.34. The molecule has 0 aliphatic heterocycles. The summed E-state index contributed by atoms with van der Waals surface area (Å²) in [6, 6.07) is 18.1. The van der Waals surface area contributed by atoms with Gasteiger partial charge in [0.15, 0.2) is 0 Å². The van der Waals surface area contributed by atoms with E-state index in [1.165, 1.54) is 5.56 Å². The molecule has 0 unspecified atom stereocenters. The number of nitrogens with zero attached hydrogens (tertiary/aromatic N) is 2. The summed E-state index contributed by atoms with van der Waals surface area (Å²) in [7, 11) is 0. The van der Waals surface area contributed by atoms with E-state index in [9.17, 15) is 5.11 Å². The second-order valence-corrected chi connectivity index (χ2v) is 5.15. The predicted octanol–water partition coefficient (Wildman–Crippen LogP) is 2.65. The van der Waals surface area contributed by atoms with Crippen LogP contribution in [0.4, 0.5) is 0 Å². The predicted molar refractivity (Wildman–Crippen MR) is 86.5 cm³/mol. The van der Waals surface area contributed by atoms with Crippen LogP contribution in [0.15, 0.2) is 67.0 Å². The fourth-order valence-electron chi connectivity index (χ4n) is 2.46. The van der Waals surface area contributed by atoms with Gasteiger partial charge < -0.3 is 10.4 Å². The monoisotopic (exact) mass is 293 g/mol. The van der Waals surface area contributed by atoms with Gasteiger partial charge in [0.1, 0.15) is 0 Å². The molecule has 0 fully saturated rings. The Labute approximate surface area is 130 Å². The summed E-state index contributed by atoms with van der Waals surface area (Å²) < 4.78 is 1.85. The van der Waals surface area contributed by atoms with E-state index in [0.29, 0.717) is 0 Å². The third-order valence-electron chi connectivity index (χ3n) is 3.61. The number of benzene rings is 2. The lowest BCUT2D eigenvalue weighted by atomic mass is 10.1. The molecule has 4 heteroatoms. The van der Waals surface area contributed by atoms with E-state index < -0.39 is 0 Å². The molecule has 0 saturated heterocycles. The minimum absolute atomic E-state index is 0.0760. The van der Waals surface area contributed by atoms with Crippen molar-refractivity contribution in [1.29, 1.82) is 0 Å². The van der Waals surface area contributed by atoms with Gasteiger partial charge in [-0.25, -0.2) is 4.68 Å². The average Bonchev–Trinajstić information content (AvgIpc) is 3.10. The average molecular weight is 293 g/mol. The highest BCUT2D eigenvalue weighted by Crippen LogP contribution is 2.11. The van der Waals surface area contributed by atoms with Gasteiger partial charge in [0.25, 0.3) is 0 Å². The van der Waals surface area contributed by atoms with Crippen molar-refractivity contribution >= 4 is 0 Å². The molecule has 0 aliphatic rings. The van der Waals surface area contributed by atoms with Crippen molar-refractivity contribution in [3.63, 3.8) is 0 Å². The number of hydrogen-bond acceptors (Lipinski definition) is 3. The zero-order valence-electron chi connectivity index (χ0n) is 12.3. The summed E-state index contributed by atoms with van der Waals surface area (Å²) >= 11 is 0. The Morgan fingerprint density at radius 2 is 1.82 bits per heavy atom. The molecule has 0 radical (unpaired) electrons. The van der Waals surface area contributed by atoms with Gasteiger partial charge in [0.2, 0.25) is 0 Å². The van der Waals surface area contributed by atoms with E-state index in [-0.39, 0.29) is 6.61 Å². The molecule has 0 atom stereocenters. The summed E-state index contributed by atoms with van der Waals surface area (Å²) in [6.07, 6.45) is 3.71. The lowest BCUT2D eigenvalue weighted by molar-refractivity contribution is 0.280. The summed E-state index contributed by atoms with van der Waals surface area (Å²) in [4.78, 5) is 0. The summed E-state index contributed by atoms with van der Waals surface area (Å²) in [5, 5.41) is 17.0. The second kappa shape index (κ2) is 7.02. The largest absolute Gasteiger partial charge is 0.392 e. The highest BCUT2D eigenvalue weighted by molar-refractivity contribution is 5.35. The Hall–Kier alpha value is -2.43. The van der Waals surface area contributed by atoms with Crippen LogP contribution >= 0.6 is 0 Å². The number of aliphatic hydroxyl groups excluding tert-OH is 1. The number of aliphatic hydroxyl groups is 1. The number of nitrogens with one attached hydrogen (secondary N) is 1. The fourth-order valence-corrected chi connectivity index (χ4v) is 2.46.